The van der Waals surface area contributed by atoms with Gasteiger partial charge in [-0.1, -0.05) is 23.7 Å². The Hall–Kier alpha value is -2.03. The molecule has 2 aromatic rings. The lowest BCUT2D eigenvalue weighted by Crippen LogP contribution is -2.08. The van der Waals surface area contributed by atoms with Crippen LogP contribution in [0, 0.1) is 18.3 Å². The molecule has 0 aliphatic rings. The number of nitriles is 1. The van der Waals surface area contributed by atoms with Gasteiger partial charge in [0.25, 0.3) is 0 Å². The van der Waals surface area contributed by atoms with Gasteiger partial charge in [-0.05, 0) is 42.3 Å². The Labute approximate surface area is 128 Å². The highest BCUT2D eigenvalue weighted by atomic mass is 35.5. The van der Waals surface area contributed by atoms with Gasteiger partial charge in [0.2, 0.25) is 0 Å². The van der Waals surface area contributed by atoms with Crippen LogP contribution >= 0.6 is 11.6 Å². The van der Waals surface area contributed by atoms with E-state index < -0.39 is 9.84 Å². The Bertz CT molecular complexity index is 839. The third-order valence-electron chi connectivity index (χ3n) is 3.03. The van der Waals surface area contributed by atoms with Crippen molar-refractivity contribution in [2.75, 3.05) is 5.73 Å². The standard InChI is InChI=1S/C15H13ClN2O2S/c1-10-2-5-14(18)15(6-10)21(19,20)9-12-4-3-11(8-17)7-13(12)16/h2-7H,9,18H2,1H3. The first-order valence-corrected chi connectivity index (χ1v) is 8.14. The number of nitrogens with two attached hydrogens (primary N) is 1. The molecule has 0 bridgehead atoms. The maximum Gasteiger partial charge on any atom is 0.184 e. The molecule has 0 atom stereocenters. The van der Waals surface area contributed by atoms with Crippen LogP contribution in [0.2, 0.25) is 5.02 Å². The molecule has 0 aromatic heterocycles. The third-order valence-corrected chi connectivity index (χ3v) is 5.10. The number of halogens is 1. The van der Waals surface area contributed by atoms with Gasteiger partial charge in [0, 0.05) is 5.02 Å². The summed E-state index contributed by atoms with van der Waals surface area (Å²) in [4.78, 5) is 0.0999. The van der Waals surface area contributed by atoms with E-state index in [-0.39, 0.29) is 21.4 Å². The SMILES string of the molecule is Cc1ccc(N)c(S(=O)(=O)Cc2ccc(C#N)cc2Cl)c1. The molecule has 0 spiro atoms. The second-order valence-corrected chi connectivity index (χ2v) is 7.08. The molecule has 0 saturated heterocycles. The average Bonchev–Trinajstić information content (AvgIpc) is 2.43. The fraction of sp³-hybridized carbons (Fsp3) is 0.133. The van der Waals surface area contributed by atoms with E-state index in [1.54, 1.807) is 31.2 Å². The number of nitrogen functional groups attached to an aromatic ring is 1. The maximum atomic E-state index is 12.5. The topological polar surface area (TPSA) is 84.0 Å². The summed E-state index contributed by atoms with van der Waals surface area (Å²) >= 11 is 6.03. The van der Waals surface area contributed by atoms with Gasteiger partial charge >= 0.3 is 0 Å². The molecule has 2 N–H and O–H groups in total. The van der Waals surface area contributed by atoms with Gasteiger partial charge in [-0.2, -0.15) is 5.26 Å². The molecule has 108 valence electrons. The first-order valence-electron chi connectivity index (χ1n) is 6.11. The van der Waals surface area contributed by atoms with Crippen molar-refractivity contribution in [2.45, 2.75) is 17.6 Å². The molecule has 0 radical (unpaired) electrons. The molecular formula is C15H13ClN2O2S. The minimum Gasteiger partial charge on any atom is -0.398 e. The second-order valence-electron chi connectivity index (χ2n) is 4.72. The van der Waals surface area contributed by atoms with Crippen molar-refractivity contribution in [1.29, 1.82) is 5.26 Å². The lowest BCUT2D eigenvalue weighted by molar-refractivity contribution is 0.595. The molecule has 0 unspecified atom stereocenters. The summed E-state index contributed by atoms with van der Waals surface area (Å²) in [5, 5.41) is 9.04. The summed E-state index contributed by atoms with van der Waals surface area (Å²) in [7, 11) is -3.60. The van der Waals surface area contributed by atoms with E-state index in [1.165, 1.54) is 12.1 Å². The van der Waals surface area contributed by atoms with E-state index in [0.29, 0.717) is 11.1 Å². The van der Waals surface area contributed by atoms with E-state index in [9.17, 15) is 8.42 Å². The van der Waals surface area contributed by atoms with Crippen molar-refractivity contribution in [1.82, 2.24) is 0 Å². The lowest BCUT2D eigenvalue weighted by Gasteiger charge is -2.10. The normalized spacial score (nSPS) is 11.1. The summed E-state index contributed by atoms with van der Waals surface area (Å²) in [6.07, 6.45) is 0. The number of sulfone groups is 1. The predicted molar refractivity (Wildman–Crippen MR) is 82.6 cm³/mol. The number of aryl methyl sites for hydroxylation is 1. The monoisotopic (exact) mass is 320 g/mol. The van der Waals surface area contributed by atoms with Crippen LogP contribution in [0.1, 0.15) is 16.7 Å². The van der Waals surface area contributed by atoms with Crippen molar-refractivity contribution in [3.63, 3.8) is 0 Å². The summed E-state index contributed by atoms with van der Waals surface area (Å²) in [5.74, 6) is -0.259. The second kappa shape index (κ2) is 5.76. The molecule has 0 aliphatic carbocycles. The molecule has 2 aromatic carbocycles. The minimum absolute atomic E-state index is 0.0999. The van der Waals surface area contributed by atoms with Crippen LogP contribution in [-0.2, 0) is 15.6 Å². The highest BCUT2D eigenvalue weighted by Gasteiger charge is 2.20. The van der Waals surface area contributed by atoms with Crippen LogP contribution in [0.5, 0.6) is 0 Å². The number of benzene rings is 2. The lowest BCUT2D eigenvalue weighted by atomic mass is 10.2. The maximum absolute atomic E-state index is 12.5. The molecule has 21 heavy (non-hydrogen) atoms. The van der Waals surface area contributed by atoms with Gasteiger partial charge in [0.15, 0.2) is 9.84 Å². The van der Waals surface area contributed by atoms with E-state index in [1.807, 2.05) is 6.07 Å². The van der Waals surface area contributed by atoms with Crippen LogP contribution in [0.4, 0.5) is 5.69 Å². The van der Waals surface area contributed by atoms with Crippen molar-refractivity contribution >= 4 is 27.1 Å². The quantitative estimate of drug-likeness (QED) is 0.881. The minimum atomic E-state index is -3.60. The Morgan fingerprint density at radius 3 is 2.57 bits per heavy atom. The third kappa shape index (κ3) is 3.35. The Kier molecular flexibility index (Phi) is 4.21. The van der Waals surface area contributed by atoms with E-state index >= 15 is 0 Å². The Morgan fingerprint density at radius 2 is 1.95 bits per heavy atom. The number of hydrogen-bond acceptors (Lipinski definition) is 4. The first-order chi connectivity index (χ1) is 9.83. The molecule has 4 nitrogen and oxygen atoms in total. The molecule has 6 heteroatoms. The number of anilines is 1. The summed E-state index contributed by atoms with van der Waals surface area (Å²) in [6, 6.07) is 11.4. The van der Waals surface area contributed by atoms with Gasteiger partial charge in [0.05, 0.1) is 28.0 Å². The number of rotatable bonds is 3. The van der Waals surface area contributed by atoms with Crippen molar-refractivity contribution in [3.05, 3.63) is 58.1 Å². The van der Waals surface area contributed by atoms with Crippen molar-refractivity contribution < 1.29 is 8.42 Å². The zero-order valence-electron chi connectivity index (χ0n) is 11.3. The zero-order chi connectivity index (χ0) is 15.6. The molecule has 0 fully saturated rings. The van der Waals surface area contributed by atoms with Crippen LogP contribution < -0.4 is 5.73 Å². The molecule has 2 rings (SSSR count). The van der Waals surface area contributed by atoms with Crippen molar-refractivity contribution in [3.8, 4) is 6.07 Å². The van der Waals surface area contributed by atoms with Crippen LogP contribution in [0.3, 0.4) is 0 Å². The Morgan fingerprint density at radius 1 is 1.24 bits per heavy atom. The van der Waals surface area contributed by atoms with E-state index in [4.69, 9.17) is 22.6 Å². The highest BCUT2D eigenvalue weighted by molar-refractivity contribution is 7.90. The number of nitrogens with zero attached hydrogens (tertiary/aromatic N) is 1. The van der Waals surface area contributed by atoms with Gasteiger partial charge in [-0.25, -0.2) is 8.42 Å². The van der Waals surface area contributed by atoms with Gasteiger partial charge in [0.1, 0.15) is 0 Å². The van der Waals surface area contributed by atoms with Crippen LogP contribution in [0.15, 0.2) is 41.3 Å². The van der Waals surface area contributed by atoms with Crippen LogP contribution in [0.25, 0.3) is 0 Å². The van der Waals surface area contributed by atoms with E-state index in [2.05, 4.69) is 0 Å². The average molecular weight is 321 g/mol. The van der Waals surface area contributed by atoms with Gasteiger partial charge in [-0.3, -0.25) is 0 Å². The smallest absolute Gasteiger partial charge is 0.184 e. The van der Waals surface area contributed by atoms with Gasteiger partial charge < -0.3 is 5.73 Å². The van der Waals surface area contributed by atoms with Crippen LogP contribution in [-0.4, -0.2) is 8.42 Å². The number of hydrogen-bond donors (Lipinski definition) is 1. The highest BCUT2D eigenvalue weighted by Crippen LogP contribution is 2.27. The molecule has 0 amide bonds. The first kappa shape index (κ1) is 15.4. The zero-order valence-corrected chi connectivity index (χ0v) is 12.9. The summed E-state index contributed by atoms with van der Waals surface area (Å²) < 4.78 is 25.0. The Balaban J connectivity index is 2.43. The van der Waals surface area contributed by atoms with Gasteiger partial charge in [-0.15, -0.1) is 0 Å². The fourth-order valence-corrected chi connectivity index (χ4v) is 3.86. The summed E-state index contributed by atoms with van der Waals surface area (Å²) in [6.45, 7) is 1.80. The van der Waals surface area contributed by atoms with E-state index in [0.717, 1.165) is 5.56 Å². The largest absolute Gasteiger partial charge is 0.398 e. The summed E-state index contributed by atoms with van der Waals surface area (Å²) in [5.41, 5.74) is 7.61. The fourth-order valence-electron chi connectivity index (χ4n) is 1.93. The molecule has 0 heterocycles. The molecule has 0 aliphatic heterocycles. The molecule has 0 saturated carbocycles. The molecular weight excluding hydrogens is 308 g/mol. The predicted octanol–water partition coefficient (Wildman–Crippen LogP) is 3.08. The van der Waals surface area contributed by atoms with Crippen molar-refractivity contribution in [2.24, 2.45) is 0 Å².